The van der Waals surface area contributed by atoms with Crippen molar-refractivity contribution >= 4 is 11.6 Å². The van der Waals surface area contributed by atoms with Crippen LogP contribution in [0.4, 0.5) is 18.9 Å². The maximum absolute atomic E-state index is 15.0. The van der Waals surface area contributed by atoms with Gasteiger partial charge in [0.1, 0.15) is 11.6 Å². The van der Waals surface area contributed by atoms with E-state index in [1.54, 1.807) is 41.6 Å². The lowest BCUT2D eigenvalue weighted by atomic mass is 9.89. The molecule has 1 saturated carbocycles. The molecule has 5 rings (SSSR count). The van der Waals surface area contributed by atoms with Gasteiger partial charge in [-0.05, 0) is 61.4 Å². The number of nitrogens with zero attached hydrogens (tertiary/aromatic N) is 2. The number of halogens is 3. The molecule has 210 valence electrons. The molecule has 1 amide bonds. The molecule has 0 bridgehead atoms. The highest BCUT2D eigenvalue weighted by atomic mass is 19.3. The van der Waals surface area contributed by atoms with Crippen LogP contribution < -0.4 is 15.4 Å². The average molecular weight is 551 g/mol. The predicted octanol–water partition coefficient (Wildman–Crippen LogP) is 6.18. The van der Waals surface area contributed by atoms with Crippen LogP contribution in [0, 0.1) is 5.82 Å². The first-order valence-electron chi connectivity index (χ1n) is 13.4. The van der Waals surface area contributed by atoms with E-state index in [-0.39, 0.29) is 50.6 Å². The first-order chi connectivity index (χ1) is 19.3. The second-order valence-electron chi connectivity index (χ2n) is 10.2. The zero-order valence-electron chi connectivity index (χ0n) is 22.4. The van der Waals surface area contributed by atoms with Crippen LogP contribution in [0.3, 0.4) is 0 Å². The Hall–Kier alpha value is -4.14. The van der Waals surface area contributed by atoms with Crippen LogP contribution >= 0.6 is 0 Å². The van der Waals surface area contributed by atoms with Crippen molar-refractivity contribution < 1.29 is 22.7 Å². The maximum Gasteiger partial charge on any atom is 0.259 e. The number of fused-ring (bicyclic) bond motifs is 1. The van der Waals surface area contributed by atoms with E-state index in [0.29, 0.717) is 28.3 Å². The molecular weight excluding hydrogens is 517 g/mol. The highest BCUT2D eigenvalue weighted by Gasteiger charge is 2.53. The summed E-state index contributed by atoms with van der Waals surface area (Å²) in [7, 11) is 1.47. The molecule has 0 radical (unpaired) electrons. The van der Waals surface area contributed by atoms with E-state index < -0.39 is 17.5 Å². The van der Waals surface area contributed by atoms with Crippen LogP contribution in [0.25, 0.3) is 0 Å². The molecule has 6 nitrogen and oxygen atoms in total. The summed E-state index contributed by atoms with van der Waals surface area (Å²) in [6, 6.07) is 11.5. The quantitative estimate of drug-likeness (QED) is 0.411. The number of amides is 1. The molecule has 2 N–H and O–H groups in total. The van der Waals surface area contributed by atoms with Gasteiger partial charge in [-0.15, -0.1) is 0 Å². The number of allylic oxidation sites excluding steroid dienone is 4. The largest absolute Gasteiger partial charge is 0.497 e. The van der Waals surface area contributed by atoms with E-state index in [1.807, 2.05) is 41.3 Å². The molecule has 0 spiro atoms. The van der Waals surface area contributed by atoms with Gasteiger partial charge in [0.15, 0.2) is 0 Å². The van der Waals surface area contributed by atoms with Crippen molar-refractivity contribution in [3.8, 4) is 5.75 Å². The Morgan fingerprint density at radius 2 is 1.93 bits per heavy atom. The number of carbonyl (C=O) groups is 1. The summed E-state index contributed by atoms with van der Waals surface area (Å²) in [5.74, 6) is -4.38. The van der Waals surface area contributed by atoms with E-state index in [0.717, 1.165) is 0 Å². The Morgan fingerprint density at radius 1 is 1.15 bits per heavy atom. The lowest BCUT2D eigenvalue weighted by Gasteiger charge is -2.57. The third-order valence-electron chi connectivity index (χ3n) is 7.81. The number of methoxy groups -OCH3 is 1. The number of para-hydroxylation sites is 1. The summed E-state index contributed by atoms with van der Waals surface area (Å²) in [6.45, 7) is 4.20. The van der Waals surface area contributed by atoms with Gasteiger partial charge in [0, 0.05) is 37.7 Å². The van der Waals surface area contributed by atoms with Crippen LogP contribution in [0.1, 0.15) is 41.6 Å². The van der Waals surface area contributed by atoms with Crippen molar-refractivity contribution in [1.29, 1.82) is 0 Å². The number of ether oxygens (including phenoxy) is 1. The Kier molecular flexibility index (Phi) is 7.65. The highest BCUT2D eigenvalue weighted by molar-refractivity contribution is 6.02. The SMILES string of the molecule is C=CN(C1CCC(F)(F)CC1)C1(C2=CC=CC=CN2)Nc2ccccc2C(=O)N1CCc1ccc(OC)cc1F. The standard InChI is InChI=1S/C31H33F3N4O2/c1-3-37(23-14-17-30(33,34)18-15-23)31(28-11-5-4-8-19-35-28)36-27-10-7-6-9-25(27)29(39)38(31)20-16-22-12-13-24(40-2)21-26(22)32/h3-13,19,21,23,35-36H,1,14-18,20H2,2H3. The van der Waals surface area contributed by atoms with E-state index >= 15 is 0 Å². The fraction of sp³-hybridized carbons (Fsp3) is 0.323. The van der Waals surface area contributed by atoms with Crippen LogP contribution in [0.5, 0.6) is 5.75 Å². The fourth-order valence-electron chi connectivity index (χ4n) is 5.76. The lowest BCUT2D eigenvalue weighted by Crippen LogP contribution is -2.72. The van der Waals surface area contributed by atoms with Gasteiger partial charge >= 0.3 is 0 Å². The summed E-state index contributed by atoms with van der Waals surface area (Å²) in [4.78, 5) is 17.8. The van der Waals surface area contributed by atoms with E-state index in [9.17, 15) is 18.0 Å². The Morgan fingerprint density at radius 3 is 2.65 bits per heavy atom. The summed E-state index contributed by atoms with van der Waals surface area (Å²) in [6.07, 6.45) is 10.9. The average Bonchev–Trinajstić information content (AvgIpc) is 3.25. The third kappa shape index (κ3) is 5.08. The number of benzene rings is 2. The molecule has 1 unspecified atom stereocenters. The van der Waals surface area contributed by atoms with Gasteiger partial charge in [0.25, 0.3) is 5.91 Å². The molecule has 2 aromatic carbocycles. The monoisotopic (exact) mass is 550 g/mol. The zero-order chi connectivity index (χ0) is 28.3. The summed E-state index contributed by atoms with van der Waals surface area (Å²) < 4.78 is 48.5. The van der Waals surface area contributed by atoms with E-state index in [1.165, 1.54) is 13.2 Å². The van der Waals surface area contributed by atoms with Crippen molar-refractivity contribution in [3.63, 3.8) is 0 Å². The molecule has 0 aromatic heterocycles. The van der Waals surface area contributed by atoms with Gasteiger partial charge in [0.2, 0.25) is 11.7 Å². The van der Waals surface area contributed by atoms with Crippen molar-refractivity contribution in [2.24, 2.45) is 0 Å². The number of carbonyl (C=O) groups excluding carboxylic acids is 1. The minimum Gasteiger partial charge on any atom is -0.497 e. The van der Waals surface area contributed by atoms with Crippen LogP contribution in [-0.2, 0) is 6.42 Å². The number of nitrogens with one attached hydrogen (secondary N) is 2. The highest BCUT2D eigenvalue weighted by Crippen LogP contribution is 2.43. The number of rotatable bonds is 8. The molecule has 2 heterocycles. The van der Waals surface area contributed by atoms with Gasteiger partial charge in [-0.2, -0.15) is 0 Å². The van der Waals surface area contributed by atoms with Gasteiger partial charge in [-0.1, -0.05) is 36.9 Å². The Bertz CT molecular complexity index is 1360. The summed E-state index contributed by atoms with van der Waals surface area (Å²) in [5, 5.41) is 6.89. The fourth-order valence-corrected chi connectivity index (χ4v) is 5.76. The van der Waals surface area contributed by atoms with Crippen molar-refractivity contribution in [2.45, 2.75) is 49.9 Å². The van der Waals surface area contributed by atoms with Gasteiger partial charge in [-0.3, -0.25) is 9.69 Å². The smallest absolute Gasteiger partial charge is 0.259 e. The second-order valence-corrected chi connectivity index (χ2v) is 10.2. The first-order valence-corrected chi connectivity index (χ1v) is 13.4. The lowest BCUT2D eigenvalue weighted by molar-refractivity contribution is -0.0708. The van der Waals surface area contributed by atoms with E-state index in [4.69, 9.17) is 4.74 Å². The molecule has 1 atom stereocenters. The summed E-state index contributed by atoms with van der Waals surface area (Å²) >= 11 is 0. The Balaban J connectivity index is 1.63. The van der Waals surface area contributed by atoms with Gasteiger partial charge in [-0.25, -0.2) is 13.2 Å². The van der Waals surface area contributed by atoms with Crippen molar-refractivity contribution in [3.05, 3.63) is 108 Å². The van der Waals surface area contributed by atoms with Gasteiger partial charge in [0.05, 0.1) is 24.1 Å². The molecule has 3 aliphatic rings. The molecule has 9 heteroatoms. The molecule has 40 heavy (non-hydrogen) atoms. The molecule has 1 fully saturated rings. The van der Waals surface area contributed by atoms with Crippen LogP contribution in [-0.4, -0.2) is 47.1 Å². The second kappa shape index (κ2) is 11.2. The van der Waals surface area contributed by atoms with Crippen molar-refractivity contribution in [2.75, 3.05) is 19.0 Å². The minimum atomic E-state index is -2.73. The number of hydrogen-bond acceptors (Lipinski definition) is 5. The molecule has 2 aromatic rings. The third-order valence-corrected chi connectivity index (χ3v) is 7.81. The molecule has 0 saturated heterocycles. The topological polar surface area (TPSA) is 56.8 Å². The first kappa shape index (κ1) is 27.4. The Labute approximate surface area is 232 Å². The number of anilines is 1. The van der Waals surface area contributed by atoms with Crippen LogP contribution in [0.2, 0.25) is 0 Å². The van der Waals surface area contributed by atoms with Crippen LogP contribution in [0.15, 0.2) is 91.4 Å². The van der Waals surface area contributed by atoms with Crippen molar-refractivity contribution in [1.82, 2.24) is 15.1 Å². The minimum absolute atomic E-state index is 0.128. The maximum atomic E-state index is 15.0. The van der Waals surface area contributed by atoms with Gasteiger partial charge < -0.3 is 20.3 Å². The zero-order valence-corrected chi connectivity index (χ0v) is 22.4. The molecule has 2 aliphatic heterocycles. The molecular formula is C31H33F3N4O2. The summed E-state index contributed by atoms with van der Waals surface area (Å²) in [5.41, 5.74) is 2.10. The number of alkyl halides is 2. The predicted molar refractivity (Wildman–Crippen MR) is 149 cm³/mol. The normalized spacial score (nSPS) is 21.9. The van der Waals surface area contributed by atoms with E-state index in [2.05, 4.69) is 17.2 Å². The molecule has 1 aliphatic carbocycles. The number of hydrogen-bond donors (Lipinski definition) is 2.